The first-order valence-electron chi connectivity index (χ1n) is 9.56. The zero-order valence-corrected chi connectivity index (χ0v) is 17.8. The van der Waals surface area contributed by atoms with E-state index < -0.39 is 24.7 Å². The van der Waals surface area contributed by atoms with E-state index in [9.17, 15) is 13.6 Å². The highest BCUT2D eigenvalue weighted by Gasteiger charge is 2.32. The molecule has 1 amide bonds. The van der Waals surface area contributed by atoms with Gasteiger partial charge in [0.25, 0.3) is 5.17 Å². The molecular formula is C19H19F2N7O3S. The van der Waals surface area contributed by atoms with E-state index in [-0.39, 0.29) is 30.5 Å². The van der Waals surface area contributed by atoms with Crippen LogP contribution in [0.1, 0.15) is 11.4 Å². The maximum atomic E-state index is 14.8. The normalized spacial score (nSPS) is 15.7. The summed E-state index contributed by atoms with van der Waals surface area (Å²) in [4.78, 5) is 13.5. The minimum absolute atomic E-state index is 0.161. The number of amides is 1. The van der Waals surface area contributed by atoms with Crippen LogP contribution < -0.4 is 10.2 Å². The molecular weight excluding hydrogens is 444 g/mol. The first-order chi connectivity index (χ1) is 15.5. The molecule has 0 spiro atoms. The highest BCUT2D eigenvalue weighted by molar-refractivity contribution is 7.80. The number of halogens is 2. The number of hydrogen-bond donors (Lipinski definition) is 1. The average Bonchev–Trinajstić information content (AvgIpc) is 3.52. The summed E-state index contributed by atoms with van der Waals surface area (Å²) in [7, 11) is 1.44. The number of carbonyl (C=O) groups excluding carboxylic acids is 1. The van der Waals surface area contributed by atoms with Crippen molar-refractivity contribution in [2.75, 3.05) is 25.1 Å². The molecule has 1 saturated heterocycles. The summed E-state index contributed by atoms with van der Waals surface area (Å²) in [5.74, 6) is -0.590. The van der Waals surface area contributed by atoms with E-state index in [0.717, 1.165) is 0 Å². The van der Waals surface area contributed by atoms with Crippen LogP contribution in [0.15, 0.2) is 36.7 Å². The number of aromatic nitrogens is 5. The minimum atomic E-state index is -0.653. The van der Waals surface area contributed by atoms with Crippen LogP contribution in [0.25, 0.3) is 5.69 Å². The van der Waals surface area contributed by atoms with E-state index in [1.807, 2.05) is 0 Å². The number of ether oxygens (including phenoxy) is 2. The van der Waals surface area contributed by atoms with Gasteiger partial charge in [0.1, 0.15) is 24.2 Å². The monoisotopic (exact) mass is 463 g/mol. The Morgan fingerprint density at radius 1 is 1.38 bits per heavy atom. The van der Waals surface area contributed by atoms with Crippen molar-refractivity contribution < 1.29 is 23.0 Å². The summed E-state index contributed by atoms with van der Waals surface area (Å²) in [5, 5.41) is 15.0. The molecule has 1 aliphatic rings. The number of rotatable bonds is 7. The van der Waals surface area contributed by atoms with Gasteiger partial charge in [-0.25, -0.2) is 18.3 Å². The largest absolute Gasteiger partial charge is 0.474 e. The standard InChI is InChI=1S/C19H19F2N7O3S/c1-30-18(32)22-8-15-11-27(19(29)31-15)14-2-3-17(16(21)6-14)28-10-13(23-25-28)9-26-5-4-12(7-20)24-26/h2-6,10,15H,7-9,11H2,1H3,(H,22,32)/t15-/m0/s1. The Morgan fingerprint density at radius 3 is 2.94 bits per heavy atom. The number of nitrogens with zero attached hydrogens (tertiary/aromatic N) is 6. The van der Waals surface area contributed by atoms with Crippen molar-refractivity contribution in [3.8, 4) is 5.69 Å². The zero-order valence-electron chi connectivity index (χ0n) is 16.9. The second-order valence-corrected chi connectivity index (χ2v) is 7.29. The van der Waals surface area contributed by atoms with Gasteiger partial charge in [-0.3, -0.25) is 9.58 Å². The van der Waals surface area contributed by atoms with E-state index >= 15 is 0 Å². The molecule has 1 fully saturated rings. The van der Waals surface area contributed by atoms with E-state index in [1.54, 1.807) is 24.5 Å². The van der Waals surface area contributed by atoms with Crippen molar-refractivity contribution in [3.05, 3.63) is 53.9 Å². The van der Waals surface area contributed by atoms with Crippen molar-refractivity contribution in [2.45, 2.75) is 19.3 Å². The number of thiocarbonyl (C=S) groups is 1. The van der Waals surface area contributed by atoms with Gasteiger partial charge < -0.3 is 14.8 Å². The van der Waals surface area contributed by atoms with Gasteiger partial charge in [-0.1, -0.05) is 5.21 Å². The lowest BCUT2D eigenvalue weighted by atomic mass is 10.2. The van der Waals surface area contributed by atoms with E-state index in [0.29, 0.717) is 17.1 Å². The van der Waals surface area contributed by atoms with Crippen LogP contribution in [-0.4, -0.2) is 62.3 Å². The third-order valence-electron chi connectivity index (χ3n) is 4.72. The van der Waals surface area contributed by atoms with Crippen molar-refractivity contribution in [3.63, 3.8) is 0 Å². The molecule has 3 aromatic rings. The number of hydrogen-bond acceptors (Lipinski definition) is 7. The number of benzene rings is 1. The van der Waals surface area contributed by atoms with Crippen molar-refractivity contribution in [1.29, 1.82) is 0 Å². The molecule has 32 heavy (non-hydrogen) atoms. The predicted molar refractivity (Wildman–Crippen MR) is 113 cm³/mol. The maximum Gasteiger partial charge on any atom is 0.414 e. The third-order valence-corrected chi connectivity index (χ3v) is 5.03. The molecule has 1 aliphatic heterocycles. The Labute approximate surface area is 186 Å². The summed E-state index contributed by atoms with van der Waals surface area (Å²) < 4.78 is 40.4. The highest BCUT2D eigenvalue weighted by Crippen LogP contribution is 2.25. The lowest BCUT2D eigenvalue weighted by molar-refractivity contribution is 0.142. The van der Waals surface area contributed by atoms with Gasteiger partial charge in [0.05, 0.1) is 44.3 Å². The van der Waals surface area contributed by atoms with Gasteiger partial charge in [-0.15, -0.1) is 5.10 Å². The van der Waals surface area contributed by atoms with Crippen molar-refractivity contribution in [1.82, 2.24) is 30.1 Å². The summed E-state index contributed by atoms with van der Waals surface area (Å²) in [6.07, 6.45) is 2.14. The number of nitrogens with one attached hydrogen (secondary N) is 1. The summed E-state index contributed by atoms with van der Waals surface area (Å²) >= 11 is 4.89. The number of methoxy groups -OCH3 is 1. The van der Waals surface area contributed by atoms with Crippen LogP contribution in [0.3, 0.4) is 0 Å². The molecule has 0 bridgehead atoms. The molecule has 1 atom stereocenters. The van der Waals surface area contributed by atoms with Gasteiger partial charge in [-0.05, 0) is 36.5 Å². The topological polar surface area (TPSA) is 99.3 Å². The van der Waals surface area contributed by atoms with Crippen molar-refractivity contribution >= 4 is 29.2 Å². The molecule has 0 aliphatic carbocycles. The number of anilines is 1. The smallest absolute Gasteiger partial charge is 0.414 e. The summed E-state index contributed by atoms with van der Waals surface area (Å²) in [6, 6.07) is 5.89. The number of cyclic esters (lactones) is 1. The molecule has 4 rings (SSSR count). The molecule has 0 unspecified atom stereocenters. The van der Waals surface area contributed by atoms with Crippen LogP contribution in [-0.2, 0) is 22.7 Å². The Kier molecular flexibility index (Phi) is 6.25. The summed E-state index contributed by atoms with van der Waals surface area (Å²) in [6.45, 7) is 0.121. The van der Waals surface area contributed by atoms with Gasteiger partial charge in [0.15, 0.2) is 5.82 Å². The van der Waals surface area contributed by atoms with Gasteiger partial charge in [0, 0.05) is 6.20 Å². The molecule has 13 heteroatoms. The number of carbonyl (C=O) groups is 1. The third kappa shape index (κ3) is 4.66. The van der Waals surface area contributed by atoms with Crippen LogP contribution in [0.4, 0.5) is 19.3 Å². The first kappa shape index (κ1) is 21.6. The molecule has 3 heterocycles. The van der Waals surface area contributed by atoms with Crippen LogP contribution in [0, 0.1) is 5.82 Å². The van der Waals surface area contributed by atoms with E-state index in [1.165, 1.54) is 33.5 Å². The van der Waals surface area contributed by atoms with Crippen LogP contribution >= 0.6 is 12.2 Å². The first-order valence-corrected chi connectivity index (χ1v) is 9.97. The van der Waals surface area contributed by atoms with E-state index in [2.05, 4.69) is 20.7 Å². The lowest BCUT2D eigenvalue weighted by Gasteiger charge is -2.14. The predicted octanol–water partition coefficient (Wildman–Crippen LogP) is 1.97. The maximum absolute atomic E-state index is 14.8. The van der Waals surface area contributed by atoms with E-state index in [4.69, 9.17) is 21.7 Å². The Hall–Kier alpha value is -3.61. The van der Waals surface area contributed by atoms with Gasteiger partial charge >= 0.3 is 6.09 Å². The van der Waals surface area contributed by atoms with Crippen molar-refractivity contribution in [2.24, 2.45) is 0 Å². The Balaban J connectivity index is 1.44. The number of alkyl halides is 1. The second kappa shape index (κ2) is 9.26. The average molecular weight is 463 g/mol. The molecule has 0 radical (unpaired) electrons. The fraction of sp³-hybridized carbons (Fsp3) is 0.316. The van der Waals surface area contributed by atoms with Crippen LogP contribution in [0.5, 0.6) is 0 Å². The van der Waals surface area contributed by atoms with Gasteiger partial charge in [-0.2, -0.15) is 5.10 Å². The second-order valence-electron chi connectivity index (χ2n) is 6.92. The van der Waals surface area contributed by atoms with Crippen LogP contribution in [0.2, 0.25) is 0 Å². The lowest BCUT2D eigenvalue weighted by Crippen LogP contribution is -2.34. The highest BCUT2D eigenvalue weighted by atomic mass is 32.1. The molecule has 168 valence electrons. The molecule has 1 aromatic carbocycles. The fourth-order valence-corrected chi connectivity index (χ4v) is 3.26. The minimum Gasteiger partial charge on any atom is -0.474 e. The molecule has 1 N–H and O–H groups in total. The quantitative estimate of drug-likeness (QED) is 0.531. The molecule has 10 nitrogen and oxygen atoms in total. The molecule has 0 saturated carbocycles. The Bertz CT molecular complexity index is 1140. The Morgan fingerprint density at radius 2 is 2.22 bits per heavy atom. The zero-order chi connectivity index (χ0) is 22.7. The molecule has 2 aromatic heterocycles. The SMILES string of the molecule is COC(=S)NC[C@H]1CN(c2ccc(-n3cc(Cn4ccc(CF)n4)nn3)c(F)c2)C(=O)O1. The van der Waals surface area contributed by atoms with Gasteiger partial charge in [0.2, 0.25) is 0 Å². The fourth-order valence-electron chi connectivity index (χ4n) is 3.18. The summed E-state index contributed by atoms with van der Waals surface area (Å²) in [5.41, 5.74) is 1.35.